The molecule has 25 heavy (non-hydrogen) atoms. The third-order valence-corrected chi connectivity index (χ3v) is 5.34. The first-order valence-electron chi connectivity index (χ1n) is 8.16. The maximum atomic E-state index is 13.0. The number of halogens is 1. The summed E-state index contributed by atoms with van der Waals surface area (Å²) in [6.45, 7) is 1.13. The van der Waals surface area contributed by atoms with E-state index >= 15 is 0 Å². The number of aliphatic hydroxyl groups excluding tert-OH is 1. The van der Waals surface area contributed by atoms with Crippen LogP contribution in [0.25, 0.3) is 0 Å². The van der Waals surface area contributed by atoms with E-state index in [-0.39, 0.29) is 24.4 Å². The average Bonchev–Trinajstić information content (AvgIpc) is 2.84. The van der Waals surface area contributed by atoms with Crippen molar-refractivity contribution < 1.29 is 19.8 Å². The zero-order valence-electron chi connectivity index (χ0n) is 13.8. The van der Waals surface area contributed by atoms with Crippen LogP contribution in [0.3, 0.4) is 0 Å². The zero-order valence-corrected chi connectivity index (χ0v) is 14.6. The molecule has 0 saturated carbocycles. The lowest BCUT2D eigenvalue weighted by Gasteiger charge is -2.35. The second-order valence-corrected chi connectivity index (χ2v) is 6.95. The van der Waals surface area contributed by atoms with Crippen LogP contribution >= 0.6 is 11.6 Å². The van der Waals surface area contributed by atoms with Crippen molar-refractivity contribution in [2.75, 3.05) is 6.61 Å². The highest BCUT2D eigenvalue weighted by atomic mass is 35.5. The Balaban J connectivity index is 2.07. The Labute approximate surface area is 151 Å². The first kappa shape index (κ1) is 17.8. The van der Waals surface area contributed by atoms with Crippen LogP contribution < -0.4 is 0 Å². The van der Waals surface area contributed by atoms with Gasteiger partial charge in [-0.1, -0.05) is 54.9 Å². The van der Waals surface area contributed by atoms with E-state index in [2.05, 4.69) is 0 Å². The van der Waals surface area contributed by atoms with Gasteiger partial charge in [-0.2, -0.15) is 0 Å². The lowest BCUT2D eigenvalue weighted by molar-refractivity contribution is -0.0473. The van der Waals surface area contributed by atoms with Gasteiger partial charge in [-0.15, -0.1) is 0 Å². The second-order valence-electron chi connectivity index (χ2n) is 6.52. The summed E-state index contributed by atoms with van der Waals surface area (Å²) in [5, 5.41) is 21.4. The van der Waals surface area contributed by atoms with Gasteiger partial charge in [-0.05, 0) is 24.1 Å². The molecule has 1 unspecified atom stereocenters. The number of aliphatic hydroxyl groups is 2. The molecule has 0 saturated heterocycles. The molecule has 0 heterocycles. The number of fused-ring (bicyclic) bond motifs is 1. The van der Waals surface area contributed by atoms with Crippen LogP contribution in [0.2, 0.25) is 5.02 Å². The lowest BCUT2D eigenvalue weighted by Crippen LogP contribution is -2.43. The highest BCUT2D eigenvalue weighted by Crippen LogP contribution is 2.47. The molecular weight excluding hydrogens is 340 g/mol. The molecule has 5 heteroatoms. The second kappa shape index (κ2) is 6.37. The third-order valence-electron chi connectivity index (χ3n) is 5.11. The van der Waals surface area contributed by atoms with Gasteiger partial charge in [0, 0.05) is 22.6 Å². The molecule has 2 aromatic rings. The van der Waals surface area contributed by atoms with Gasteiger partial charge >= 0.3 is 0 Å². The molecule has 0 fully saturated rings. The van der Waals surface area contributed by atoms with Crippen molar-refractivity contribution in [3.8, 4) is 0 Å². The van der Waals surface area contributed by atoms with E-state index in [1.807, 2.05) is 0 Å². The van der Waals surface area contributed by atoms with Crippen LogP contribution in [0.4, 0.5) is 0 Å². The maximum absolute atomic E-state index is 13.0. The summed E-state index contributed by atoms with van der Waals surface area (Å²) in [5.41, 5.74) is -1.99. The molecule has 1 atom stereocenters. The molecule has 1 aliphatic carbocycles. The first-order chi connectivity index (χ1) is 11.9. The predicted octanol–water partition coefficient (Wildman–Crippen LogP) is 3.39. The summed E-state index contributed by atoms with van der Waals surface area (Å²) in [7, 11) is 0. The highest BCUT2D eigenvalue weighted by Gasteiger charge is 2.55. The SMILES string of the molecule is CCC1(CC(O)(CO)c2cccc(Cl)c2)C(=O)c2ccccc2C1=O. The Bertz CT molecular complexity index is 810. The largest absolute Gasteiger partial charge is 0.393 e. The minimum absolute atomic E-state index is 0.195. The summed E-state index contributed by atoms with van der Waals surface area (Å²) >= 11 is 6.00. The van der Waals surface area contributed by atoms with Gasteiger partial charge in [-0.3, -0.25) is 9.59 Å². The third kappa shape index (κ3) is 2.71. The normalized spacial score (nSPS) is 18.1. The fraction of sp³-hybridized carbons (Fsp3) is 0.300. The van der Waals surface area contributed by atoms with Gasteiger partial charge in [0.05, 0.1) is 12.0 Å². The van der Waals surface area contributed by atoms with E-state index in [0.29, 0.717) is 21.7 Å². The maximum Gasteiger partial charge on any atom is 0.177 e. The fourth-order valence-corrected chi connectivity index (χ4v) is 3.82. The minimum Gasteiger partial charge on any atom is -0.393 e. The summed E-state index contributed by atoms with van der Waals surface area (Å²) in [5.74, 6) is -0.603. The Kier molecular flexibility index (Phi) is 4.54. The van der Waals surface area contributed by atoms with Crippen molar-refractivity contribution in [1.82, 2.24) is 0 Å². The zero-order chi connectivity index (χ0) is 18.2. The van der Waals surface area contributed by atoms with Crippen LogP contribution in [0.15, 0.2) is 48.5 Å². The van der Waals surface area contributed by atoms with Crippen LogP contribution in [-0.2, 0) is 5.60 Å². The monoisotopic (exact) mass is 358 g/mol. The topological polar surface area (TPSA) is 74.6 Å². The number of Topliss-reactive ketones (excluding diaryl/α,β-unsaturated/α-hetero) is 2. The fourth-order valence-electron chi connectivity index (χ4n) is 3.63. The number of rotatable bonds is 5. The number of carbonyl (C=O) groups is 2. The van der Waals surface area contributed by atoms with Gasteiger partial charge in [0.2, 0.25) is 0 Å². The van der Waals surface area contributed by atoms with Gasteiger partial charge in [0.15, 0.2) is 11.6 Å². The Hall–Kier alpha value is -2.01. The quantitative estimate of drug-likeness (QED) is 0.803. The molecule has 0 aliphatic heterocycles. The van der Waals surface area contributed by atoms with Crippen LogP contribution in [0.5, 0.6) is 0 Å². The summed E-state index contributed by atoms with van der Waals surface area (Å²) in [6, 6.07) is 13.2. The van der Waals surface area contributed by atoms with E-state index in [1.54, 1.807) is 49.4 Å². The van der Waals surface area contributed by atoms with Gasteiger partial charge in [0.25, 0.3) is 0 Å². The number of benzene rings is 2. The summed E-state index contributed by atoms with van der Waals surface area (Å²) in [6.07, 6.45) is 0.0436. The number of hydrogen-bond acceptors (Lipinski definition) is 4. The van der Waals surface area contributed by atoms with E-state index in [0.717, 1.165) is 0 Å². The molecule has 130 valence electrons. The summed E-state index contributed by atoms with van der Waals surface area (Å²) < 4.78 is 0. The molecule has 4 nitrogen and oxygen atoms in total. The van der Waals surface area contributed by atoms with Crippen LogP contribution in [0.1, 0.15) is 46.0 Å². The Morgan fingerprint density at radius 2 is 1.64 bits per heavy atom. The van der Waals surface area contributed by atoms with Crippen LogP contribution in [-0.4, -0.2) is 28.4 Å². The minimum atomic E-state index is -1.74. The molecule has 0 amide bonds. The van der Waals surface area contributed by atoms with Gasteiger partial charge in [0.1, 0.15) is 5.60 Å². The predicted molar refractivity (Wildman–Crippen MR) is 94.9 cm³/mol. The van der Waals surface area contributed by atoms with Crippen molar-refractivity contribution in [1.29, 1.82) is 0 Å². The van der Waals surface area contributed by atoms with Crippen molar-refractivity contribution in [2.24, 2.45) is 5.41 Å². The molecular formula is C20H19ClO4. The Morgan fingerprint density at radius 3 is 2.12 bits per heavy atom. The van der Waals surface area contributed by atoms with Gasteiger partial charge in [-0.25, -0.2) is 0 Å². The van der Waals surface area contributed by atoms with E-state index in [9.17, 15) is 19.8 Å². The van der Waals surface area contributed by atoms with E-state index in [1.165, 1.54) is 6.07 Å². The van der Waals surface area contributed by atoms with Crippen LogP contribution in [0, 0.1) is 5.41 Å². The number of ketones is 2. The van der Waals surface area contributed by atoms with Crippen molar-refractivity contribution >= 4 is 23.2 Å². The molecule has 0 aromatic heterocycles. The molecule has 1 aliphatic rings. The number of hydrogen-bond donors (Lipinski definition) is 2. The molecule has 0 radical (unpaired) electrons. The molecule has 2 aromatic carbocycles. The first-order valence-corrected chi connectivity index (χ1v) is 8.54. The van der Waals surface area contributed by atoms with Crippen molar-refractivity contribution in [2.45, 2.75) is 25.4 Å². The number of carbonyl (C=O) groups excluding carboxylic acids is 2. The van der Waals surface area contributed by atoms with Crippen molar-refractivity contribution in [3.63, 3.8) is 0 Å². The molecule has 3 rings (SSSR count). The van der Waals surface area contributed by atoms with Gasteiger partial charge < -0.3 is 10.2 Å². The molecule has 2 N–H and O–H groups in total. The van der Waals surface area contributed by atoms with E-state index < -0.39 is 17.6 Å². The smallest absolute Gasteiger partial charge is 0.177 e. The van der Waals surface area contributed by atoms with E-state index in [4.69, 9.17) is 11.6 Å². The average molecular weight is 359 g/mol. The molecule has 0 spiro atoms. The highest BCUT2D eigenvalue weighted by molar-refractivity contribution is 6.30. The van der Waals surface area contributed by atoms with Crippen molar-refractivity contribution in [3.05, 3.63) is 70.2 Å². The Morgan fingerprint density at radius 1 is 1.04 bits per heavy atom. The standard InChI is InChI=1S/C20H19ClO4/c1-2-19(17(23)15-8-3-4-9-16(15)18(19)24)11-20(25,12-22)13-6-5-7-14(21)10-13/h3-10,22,25H,2,11-12H2,1H3. The summed E-state index contributed by atoms with van der Waals surface area (Å²) in [4.78, 5) is 26.0. The molecule has 0 bridgehead atoms. The lowest BCUT2D eigenvalue weighted by atomic mass is 9.70.